The minimum absolute atomic E-state index is 0. The van der Waals surface area contributed by atoms with Gasteiger partial charge >= 0.3 is 23.1 Å². The van der Waals surface area contributed by atoms with Crippen LogP contribution in [0.3, 0.4) is 0 Å². The number of alkyl halides is 3. The zero-order valence-corrected chi connectivity index (χ0v) is 6.99. The predicted octanol–water partition coefficient (Wildman–Crippen LogP) is 1.25. The van der Waals surface area contributed by atoms with Crippen LogP contribution in [-0.4, -0.2) is 38.3 Å². The summed E-state index contributed by atoms with van der Waals surface area (Å²) in [6.07, 6.45) is 0. The maximum atomic E-state index is 4.81. The summed E-state index contributed by atoms with van der Waals surface area (Å²) in [6, 6.07) is 0. The van der Waals surface area contributed by atoms with Gasteiger partial charge in [0.25, 0.3) is 0 Å². The first-order valence-electron chi connectivity index (χ1n) is 0.655. The molecule has 0 saturated carbocycles. The van der Waals surface area contributed by atoms with Gasteiger partial charge in [-0.05, 0) is 0 Å². The molecule has 0 fully saturated rings. The van der Waals surface area contributed by atoms with Crippen molar-refractivity contribution in [2.24, 2.45) is 0 Å². The molecular weight excluding hydrogens is 175 g/mol. The molecule has 6 heteroatoms. The summed E-state index contributed by atoms with van der Waals surface area (Å²) in [4.78, 5) is 0. The first-order chi connectivity index (χ1) is 1.73. The van der Waals surface area contributed by atoms with Crippen molar-refractivity contribution in [3.63, 3.8) is 0 Å². The summed E-state index contributed by atoms with van der Waals surface area (Å²) < 4.78 is -0.750. The van der Waals surface area contributed by atoms with Crippen LogP contribution in [0, 0.1) is 0 Å². The van der Waals surface area contributed by atoms with E-state index in [4.69, 9.17) is 34.8 Å². The van der Waals surface area contributed by atoms with E-state index < -0.39 is 4.30 Å². The van der Waals surface area contributed by atoms with Gasteiger partial charge in [0.1, 0.15) is 0 Å². The molecule has 0 aliphatic carbocycles. The molecule has 0 aromatic carbocycles. The molecule has 2 nitrogen and oxygen atoms in total. The van der Waals surface area contributed by atoms with Crippen molar-refractivity contribution in [3.05, 3.63) is 0 Å². The first-order valence-corrected chi connectivity index (χ1v) is 1.96. The van der Waals surface area contributed by atoms with E-state index in [9.17, 15) is 0 Å². The third-order valence-corrected chi connectivity index (χ3v) is 0. The standard InChI is InChI=1S/CHCl3.Mg.2H2O/c2-1(3)4;;;/h1H;;2*1H2/q;+2;;/p-2. The summed E-state index contributed by atoms with van der Waals surface area (Å²) in [5.74, 6) is 0. The van der Waals surface area contributed by atoms with Gasteiger partial charge in [0.05, 0.1) is 0 Å². The van der Waals surface area contributed by atoms with Crippen LogP contribution in [0.25, 0.3) is 0 Å². The third-order valence-electron chi connectivity index (χ3n) is 0. The van der Waals surface area contributed by atoms with E-state index in [1.54, 1.807) is 0 Å². The molecular formula is CH3Cl3MgO2. The SMILES string of the molecule is ClC(Cl)Cl.[Mg+2].[OH-].[OH-]. The van der Waals surface area contributed by atoms with Gasteiger partial charge in [-0.15, -0.1) is 0 Å². The summed E-state index contributed by atoms with van der Waals surface area (Å²) in [6.45, 7) is 0. The molecule has 0 aliphatic rings. The second-order valence-electron chi connectivity index (χ2n) is 0.247. The quantitative estimate of drug-likeness (QED) is 0.413. The number of halogens is 3. The number of hydrogen-bond acceptors (Lipinski definition) is 2. The molecule has 7 heavy (non-hydrogen) atoms. The van der Waals surface area contributed by atoms with E-state index in [1.165, 1.54) is 0 Å². The van der Waals surface area contributed by atoms with Crippen LogP contribution in [0.5, 0.6) is 0 Å². The topological polar surface area (TPSA) is 60.0 Å². The van der Waals surface area contributed by atoms with Crippen molar-refractivity contribution in [2.45, 2.75) is 4.30 Å². The molecule has 0 aromatic rings. The molecule has 0 atom stereocenters. The fraction of sp³-hybridized carbons (Fsp3) is 1.00. The largest absolute Gasteiger partial charge is 2.00 e. The Morgan fingerprint density at radius 2 is 0.857 bits per heavy atom. The average Bonchev–Trinajstić information content (AvgIpc) is 0.811. The Kier molecular flexibility index (Phi) is 52.6. The number of rotatable bonds is 0. The van der Waals surface area contributed by atoms with Crippen LogP contribution in [0.1, 0.15) is 0 Å². The van der Waals surface area contributed by atoms with Crippen molar-refractivity contribution in [1.29, 1.82) is 0 Å². The van der Waals surface area contributed by atoms with E-state index >= 15 is 0 Å². The minimum atomic E-state index is -0.750. The van der Waals surface area contributed by atoms with Gasteiger partial charge in [-0.25, -0.2) is 0 Å². The molecule has 0 aromatic heterocycles. The molecule has 0 radical (unpaired) electrons. The molecule has 0 spiro atoms. The summed E-state index contributed by atoms with van der Waals surface area (Å²) in [5, 5.41) is 0. The van der Waals surface area contributed by atoms with Crippen molar-refractivity contribution >= 4 is 57.9 Å². The Hall–Kier alpha value is 1.56. The zero-order valence-electron chi connectivity index (χ0n) is 3.31. The zero-order chi connectivity index (χ0) is 3.58. The van der Waals surface area contributed by atoms with Crippen molar-refractivity contribution in [2.75, 3.05) is 0 Å². The van der Waals surface area contributed by atoms with Gasteiger partial charge in [0.2, 0.25) is 0 Å². The van der Waals surface area contributed by atoms with Crippen LogP contribution in [0.15, 0.2) is 0 Å². The molecule has 42 valence electrons. The normalized spacial score (nSPS) is 5.14. The summed E-state index contributed by atoms with van der Waals surface area (Å²) in [7, 11) is 0. The van der Waals surface area contributed by atoms with Gasteiger partial charge in [-0.3, -0.25) is 0 Å². The minimum Gasteiger partial charge on any atom is -0.870 e. The van der Waals surface area contributed by atoms with E-state index in [-0.39, 0.29) is 34.0 Å². The molecule has 0 aliphatic heterocycles. The van der Waals surface area contributed by atoms with Gasteiger partial charge in [0.15, 0.2) is 4.30 Å². The fourth-order valence-corrected chi connectivity index (χ4v) is 0. The third kappa shape index (κ3) is 96.3. The summed E-state index contributed by atoms with van der Waals surface area (Å²) in [5.41, 5.74) is 0. The molecule has 0 bridgehead atoms. The van der Waals surface area contributed by atoms with Crippen molar-refractivity contribution in [3.8, 4) is 0 Å². The maximum Gasteiger partial charge on any atom is 2.00 e. The second-order valence-corrected chi connectivity index (χ2v) is 2.23. The van der Waals surface area contributed by atoms with E-state index in [0.717, 1.165) is 0 Å². The number of hydrogen-bond donors (Lipinski definition) is 0. The molecule has 0 heterocycles. The van der Waals surface area contributed by atoms with Crippen LogP contribution in [0.4, 0.5) is 0 Å². The van der Waals surface area contributed by atoms with Crippen LogP contribution >= 0.6 is 34.8 Å². The monoisotopic (exact) mass is 176 g/mol. The average molecular weight is 178 g/mol. The molecule has 0 amide bonds. The van der Waals surface area contributed by atoms with E-state index in [2.05, 4.69) is 0 Å². The Balaban J connectivity index is -0.0000000150. The van der Waals surface area contributed by atoms with E-state index in [1.807, 2.05) is 0 Å². The van der Waals surface area contributed by atoms with E-state index in [0.29, 0.717) is 0 Å². The van der Waals surface area contributed by atoms with Crippen molar-refractivity contribution in [1.82, 2.24) is 0 Å². The van der Waals surface area contributed by atoms with Gasteiger partial charge in [-0.1, -0.05) is 34.8 Å². The smallest absolute Gasteiger partial charge is 0.870 e. The molecule has 0 saturated heterocycles. The fourth-order valence-electron chi connectivity index (χ4n) is 0. The predicted molar refractivity (Wildman–Crippen MR) is 31.0 cm³/mol. The molecule has 2 N–H and O–H groups in total. The van der Waals surface area contributed by atoms with Crippen molar-refractivity contribution < 1.29 is 11.0 Å². The Morgan fingerprint density at radius 3 is 0.857 bits per heavy atom. The van der Waals surface area contributed by atoms with Gasteiger partial charge < -0.3 is 11.0 Å². The van der Waals surface area contributed by atoms with Crippen LogP contribution in [-0.2, 0) is 0 Å². The second kappa shape index (κ2) is 15.6. The van der Waals surface area contributed by atoms with Gasteiger partial charge in [0, 0.05) is 0 Å². The molecule has 0 unspecified atom stereocenters. The first kappa shape index (κ1) is 23.5. The summed E-state index contributed by atoms with van der Waals surface area (Å²) >= 11 is 14.4. The Labute approximate surface area is 72.9 Å². The molecule has 0 rings (SSSR count). The Morgan fingerprint density at radius 1 is 0.857 bits per heavy atom. The Bertz CT molecular complexity index is 17.7. The van der Waals surface area contributed by atoms with Crippen LogP contribution in [0.2, 0.25) is 0 Å². The maximum absolute atomic E-state index is 4.81. The van der Waals surface area contributed by atoms with Crippen LogP contribution < -0.4 is 0 Å². The van der Waals surface area contributed by atoms with Gasteiger partial charge in [-0.2, -0.15) is 0 Å².